The summed E-state index contributed by atoms with van der Waals surface area (Å²) in [5.74, 6) is -0.164. The first kappa shape index (κ1) is 14.4. The standard InChI is InChI=1S/C15H23FN2O/c1-19-10-8-17-11-15-3-2-9-18(15)12-13-4-6-14(16)7-5-13/h4-7,15,17H,2-3,8-12H2,1H3. The van der Waals surface area contributed by atoms with Gasteiger partial charge in [-0.05, 0) is 37.1 Å². The van der Waals surface area contributed by atoms with Gasteiger partial charge in [-0.2, -0.15) is 0 Å². The number of ether oxygens (including phenoxy) is 1. The second-order valence-corrected chi connectivity index (χ2v) is 5.09. The molecule has 0 aliphatic carbocycles. The van der Waals surface area contributed by atoms with Crippen LogP contribution in [0.2, 0.25) is 0 Å². The maximum absolute atomic E-state index is 12.9. The van der Waals surface area contributed by atoms with Crippen LogP contribution in [0.4, 0.5) is 4.39 Å². The van der Waals surface area contributed by atoms with Crippen molar-refractivity contribution in [3.8, 4) is 0 Å². The summed E-state index contributed by atoms with van der Waals surface area (Å²) in [6, 6.07) is 7.42. The fourth-order valence-electron chi connectivity index (χ4n) is 2.60. The minimum atomic E-state index is -0.164. The van der Waals surface area contributed by atoms with Gasteiger partial charge in [-0.3, -0.25) is 4.90 Å². The van der Waals surface area contributed by atoms with Gasteiger partial charge in [0.2, 0.25) is 0 Å². The molecule has 0 radical (unpaired) electrons. The molecule has 1 fully saturated rings. The highest BCUT2D eigenvalue weighted by atomic mass is 19.1. The Labute approximate surface area is 114 Å². The Balaban J connectivity index is 1.79. The van der Waals surface area contributed by atoms with Gasteiger partial charge in [0.05, 0.1) is 6.61 Å². The number of methoxy groups -OCH3 is 1. The molecule has 2 rings (SSSR count). The third-order valence-electron chi connectivity index (χ3n) is 3.66. The molecule has 0 spiro atoms. The zero-order chi connectivity index (χ0) is 13.5. The van der Waals surface area contributed by atoms with Crippen molar-refractivity contribution >= 4 is 0 Å². The first-order chi connectivity index (χ1) is 9.29. The van der Waals surface area contributed by atoms with Crippen molar-refractivity contribution in [1.82, 2.24) is 10.2 Å². The molecule has 1 aliphatic heterocycles. The van der Waals surface area contributed by atoms with E-state index in [1.807, 2.05) is 12.1 Å². The fourth-order valence-corrected chi connectivity index (χ4v) is 2.60. The van der Waals surface area contributed by atoms with Gasteiger partial charge in [0.25, 0.3) is 0 Å². The highest BCUT2D eigenvalue weighted by Crippen LogP contribution is 2.19. The molecular weight excluding hydrogens is 243 g/mol. The molecule has 0 aromatic heterocycles. The number of rotatable bonds is 7. The highest BCUT2D eigenvalue weighted by Gasteiger charge is 2.23. The maximum atomic E-state index is 12.9. The average Bonchev–Trinajstić information content (AvgIpc) is 2.85. The summed E-state index contributed by atoms with van der Waals surface area (Å²) in [7, 11) is 1.72. The van der Waals surface area contributed by atoms with Gasteiger partial charge in [-0.1, -0.05) is 12.1 Å². The molecule has 1 atom stereocenters. The summed E-state index contributed by atoms with van der Waals surface area (Å²) in [4.78, 5) is 2.48. The average molecular weight is 266 g/mol. The third kappa shape index (κ3) is 4.56. The molecule has 3 nitrogen and oxygen atoms in total. The summed E-state index contributed by atoms with van der Waals surface area (Å²) >= 11 is 0. The molecule has 1 aliphatic rings. The van der Waals surface area contributed by atoms with E-state index >= 15 is 0 Å². The molecule has 1 N–H and O–H groups in total. The van der Waals surface area contributed by atoms with Crippen LogP contribution in [-0.4, -0.2) is 44.3 Å². The Morgan fingerprint density at radius 2 is 2.16 bits per heavy atom. The second kappa shape index (κ2) is 7.58. The van der Waals surface area contributed by atoms with Crippen LogP contribution in [0.3, 0.4) is 0 Å². The van der Waals surface area contributed by atoms with Crippen molar-refractivity contribution < 1.29 is 9.13 Å². The number of likely N-dealkylation sites (tertiary alicyclic amines) is 1. The van der Waals surface area contributed by atoms with E-state index in [0.717, 1.165) is 32.8 Å². The number of hydrogen-bond donors (Lipinski definition) is 1. The third-order valence-corrected chi connectivity index (χ3v) is 3.66. The van der Waals surface area contributed by atoms with Crippen LogP contribution < -0.4 is 5.32 Å². The largest absolute Gasteiger partial charge is 0.383 e. The minimum Gasteiger partial charge on any atom is -0.383 e. The van der Waals surface area contributed by atoms with Gasteiger partial charge in [0, 0.05) is 32.8 Å². The smallest absolute Gasteiger partial charge is 0.123 e. The number of benzene rings is 1. The molecule has 0 bridgehead atoms. The Morgan fingerprint density at radius 3 is 2.89 bits per heavy atom. The molecular formula is C15H23FN2O. The van der Waals surface area contributed by atoms with E-state index in [4.69, 9.17) is 4.74 Å². The number of halogens is 1. The molecule has 19 heavy (non-hydrogen) atoms. The van der Waals surface area contributed by atoms with Crippen LogP contribution in [-0.2, 0) is 11.3 Å². The first-order valence-corrected chi connectivity index (χ1v) is 6.98. The summed E-state index contributed by atoms with van der Waals surface area (Å²) in [6.45, 7) is 4.71. The quantitative estimate of drug-likeness (QED) is 0.764. The van der Waals surface area contributed by atoms with Crippen molar-refractivity contribution in [2.45, 2.75) is 25.4 Å². The molecule has 1 unspecified atom stereocenters. The molecule has 106 valence electrons. The Kier molecular flexibility index (Phi) is 5.76. The maximum Gasteiger partial charge on any atom is 0.123 e. The second-order valence-electron chi connectivity index (χ2n) is 5.09. The van der Waals surface area contributed by atoms with Crippen molar-refractivity contribution in [3.63, 3.8) is 0 Å². The first-order valence-electron chi connectivity index (χ1n) is 6.98. The molecule has 4 heteroatoms. The van der Waals surface area contributed by atoms with E-state index in [9.17, 15) is 4.39 Å². The number of nitrogens with one attached hydrogen (secondary N) is 1. The van der Waals surface area contributed by atoms with E-state index in [1.165, 1.54) is 30.5 Å². The molecule has 0 amide bonds. The Hall–Kier alpha value is -0.970. The lowest BCUT2D eigenvalue weighted by Crippen LogP contribution is -2.38. The van der Waals surface area contributed by atoms with Crippen LogP contribution >= 0.6 is 0 Å². The topological polar surface area (TPSA) is 24.5 Å². The Bertz CT molecular complexity index is 369. The summed E-state index contributed by atoms with van der Waals surface area (Å²) < 4.78 is 17.9. The predicted octanol–water partition coefficient (Wildman–Crippen LogP) is 2.03. The van der Waals surface area contributed by atoms with Crippen LogP contribution in [0.25, 0.3) is 0 Å². The van der Waals surface area contributed by atoms with Crippen LogP contribution in [0.1, 0.15) is 18.4 Å². The molecule has 1 aromatic carbocycles. The van der Waals surface area contributed by atoms with Gasteiger partial charge in [0.1, 0.15) is 5.82 Å². The summed E-state index contributed by atoms with van der Waals surface area (Å²) in [5.41, 5.74) is 1.19. The fraction of sp³-hybridized carbons (Fsp3) is 0.600. The van der Waals surface area contributed by atoms with Crippen molar-refractivity contribution in [2.75, 3.05) is 33.4 Å². The van der Waals surface area contributed by atoms with Crippen molar-refractivity contribution in [1.29, 1.82) is 0 Å². The lowest BCUT2D eigenvalue weighted by atomic mass is 10.2. The van der Waals surface area contributed by atoms with Gasteiger partial charge < -0.3 is 10.1 Å². The van der Waals surface area contributed by atoms with Gasteiger partial charge in [-0.15, -0.1) is 0 Å². The van der Waals surface area contributed by atoms with Crippen molar-refractivity contribution in [2.24, 2.45) is 0 Å². The molecule has 0 saturated carbocycles. The van der Waals surface area contributed by atoms with Crippen LogP contribution in [0.5, 0.6) is 0 Å². The van der Waals surface area contributed by atoms with Gasteiger partial charge in [-0.25, -0.2) is 4.39 Å². The SMILES string of the molecule is COCCNCC1CCCN1Cc1ccc(F)cc1. The molecule has 1 saturated heterocycles. The van der Waals surface area contributed by atoms with E-state index in [0.29, 0.717) is 6.04 Å². The number of hydrogen-bond acceptors (Lipinski definition) is 3. The van der Waals surface area contributed by atoms with Crippen LogP contribution in [0, 0.1) is 5.82 Å². The minimum absolute atomic E-state index is 0.164. The van der Waals surface area contributed by atoms with E-state index in [1.54, 1.807) is 7.11 Å². The zero-order valence-corrected chi connectivity index (χ0v) is 11.6. The van der Waals surface area contributed by atoms with Gasteiger partial charge >= 0.3 is 0 Å². The molecule has 1 aromatic rings. The summed E-state index contributed by atoms with van der Waals surface area (Å²) in [5, 5.41) is 3.43. The van der Waals surface area contributed by atoms with E-state index in [-0.39, 0.29) is 5.82 Å². The normalized spacial score (nSPS) is 20.0. The van der Waals surface area contributed by atoms with E-state index < -0.39 is 0 Å². The highest BCUT2D eigenvalue weighted by molar-refractivity contribution is 5.16. The lowest BCUT2D eigenvalue weighted by Gasteiger charge is -2.24. The predicted molar refractivity (Wildman–Crippen MR) is 74.6 cm³/mol. The van der Waals surface area contributed by atoms with Gasteiger partial charge in [0.15, 0.2) is 0 Å². The molecule has 1 heterocycles. The van der Waals surface area contributed by atoms with Crippen molar-refractivity contribution in [3.05, 3.63) is 35.6 Å². The monoisotopic (exact) mass is 266 g/mol. The summed E-state index contributed by atoms with van der Waals surface area (Å²) in [6.07, 6.45) is 2.49. The lowest BCUT2D eigenvalue weighted by molar-refractivity contribution is 0.191. The van der Waals surface area contributed by atoms with Crippen LogP contribution in [0.15, 0.2) is 24.3 Å². The number of nitrogens with zero attached hydrogens (tertiary/aromatic N) is 1. The van der Waals surface area contributed by atoms with E-state index in [2.05, 4.69) is 10.2 Å². The zero-order valence-electron chi connectivity index (χ0n) is 11.6. The Morgan fingerprint density at radius 1 is 1.37 bits per heavy atom.